The number of aliphatic hydroxyl groups excluding tert-OH is 1. The number of carbonyl (C=O) groups excluding carboxylic acids is 2. The van der Waals surface area contributed by atoms with Crippen molar-refractivity contribution in [3.05, 3.63) is 23.7 Å². The second-order valence-corrected chi connectivity index (χ2v) is 5.93. The first-order chi connectivity index (χ1) is 11.6. The standard InChI is InChI=1S/C17H31N3O5/c1-10(7-15(18)8-20-17(23)12(3)19-6)16(24-9-21)11(2)13(4)25-14(5)22/h10,12,15,19,21H,4,7-9,18H2,1-3,5-6H3,(H,20,23)/b16-11+/t10?,12?,15-/m1/s1. The van der Waals surface area contributed by atoms with Gasteiger partial charge in [-0.1, -0.05) is 13.5 Å². The summed E-state index contributed by atoms with van der Waals surface area (Å²) in [7, 11) is 1.70. The Kier molecular flexibility index (Phi) is 10.7. The van der Waals surface area contributed by atoms with Crippen LogP contribution in [0.3, 0.4) is 0 Å². The smallest absolute Gasteiger partial charge is 0.308 e. The number of hydrogen-bond donors (Lipinski definition) is 4. The van der Waals surface area contributed by atoms with E-state index in [0.29, 0.717) is 24.3 Å². The van der Waals surface area contributed by atoms with Gasteiger partial charge in [-0.2, -0.15) is 0 Å². The Balaban J connectivity index is 4.88. The molecule has 0 aromatic heterocycles. The van der Waals surface area contributed by atoms with Gasteiger partial charge in [0.2, 0.25) is 5.91 Å². The van der Waals surface area contributed by atoms with Crippen molar-refractivity contribution in [2.75, 3.05) is 20.4 Å². The van der Waals surface area contributed by atoms with Crippen LogP contribution in [0.2, 0.25) is 0 Å². The SMILES string of the molecule is C=C(OC(C)=O)/C(C)=C(/OCO)C(C)C[C@@H](N)CNC(=O)C(C)NC. The lowest BCUT2D eigenvalue weighted by Crippen LogP contribution is -2.45. The molecule has 0 spiro atoms. The summed E-state index contributed by atoms with van der Waals surface area (Å²) < 4.78 is 10.2. The summed E-state index contributed by atoms with van der Waals surface area (Å²) in [5.74, 6) is -0.189. The number of amides is 1. The molecule has 1 amide bonds. The third-order valence-electron chi connectivity index (χ3n) is 3.74. The molecule has 0 aromatic rings. The van der Waals surface area contributed by atoms with Gasteiger partial charge in [0, 0.05) is 31.0 Å². The molecule has 0 aliphatic carbocycles. The number of hydrogen-bond acceptors (Lipinski definition) is 7. The lowest BCUT2D eigenvalue weighted by Gasteiger charge is -2.23. The molecule has 144 valence electrons. The lowest BCUT2D eigenvalue weighted by atomic mass is 9.96. The second kappa shape index (κ2) is 11.6. The molecule has 0 aliphatic rings. The van der Waals surface area contributed by atoms with Gasteiger partial charge in [0.05, 0.1) is 6.04 Å². The van der Waals surface area contributed by atoms with Crippen LogP contribution in [-0.2, 0) is 19.1 Å². The fraction of sp³-hybridized carbons (Fsp3) is 0.647. The molecule has 0 rings (SSSR count). The Bertz CT molecular complexity index is 505. The Morgan fingerprint density at radius 2 is 1.88 bits per heavy atom. The van der Waals surface area contributed by atoms with Gasteiger partial charge in [-0.3, -0.25) is 9.59 Å². The molecular weight excluding hydrogens is 326 g/mol. The van der Waals surface area contributed by atoms with Gasteiger partial charge in [0.25, 0.3) is 0 Å². The Hall–Kier alpha value is -1.90. The first-order valence-electron chi connectivity index (χ1n) is 8.16. The zero-order valence-corrected chi connectivity index (χ0v) is 15.7. The number of rotatable bonds is 11. The highest BCUT2D eigenvalue weighted by molar-refractivity contribution is 5.81. The number of ether oxygens (including phenoxy) is 2. The number of carbonyl (C=O) groups is 2. The topological polar surface area (TPSA) is 123 Å². The molecule has 0 heterocycles. The predicted molar refractivity (Wildman–Crippen MR) is 95.1 cm³/mol. The quantitative estimate of drug-likeness (QED) is 0.182. The fourth-order valence-corrected chi connectivity index (χ4v) is 2.24. The van der Waals surface area contributed by atoms with Gasteiger partial charge in [-0.05, 0) is 27.3 Å². The maximum Gasteiger partial charge on any atom is 0.308 e. The molecule has 25 heavy (non-hydrogen) atoms. The van der Waals surface area contributed by atoms with E-state index in [9.17, 15) is 9.59 Å². The highest BCUT2D eigenvalue weighted by atomic mass is 16.6. The zero-order valence-electron chi connectivity index (χ0n) is 15.7. The minimum absolute atomic E-state index is 0.132. The van der Waals surface area contributed by atoms with E-state index in [1.54, 1.807) is 20.9 Å². The molecule has 0 saturated heterocycles. The zero-order chi connectivity index (χ0) is 19.6. The molecule has 8 heteroatoms. The normalized spacial score (nSPS) is 15.5. The van der Waals surface area contributed by atoms with Crippen LogP contribution < -0.4 is 16.4 Å². The summed E-state index contributed by atoms with van der Waals surface area (Å²) in [5, 5.41) is 14.7. The van der Waals surface area contributed by atoms with Gasteiger partial charge < -0.3 is 30.9 Å². The molecule has 8 nitrogen and oxygen atoms in total. The van der Waals surface area contributed by atoms with Gasteiger partial charge in [0.1, 0.15) is 11.5 Å². The van der Waals surface area contributed by atoms with Gasteiger partial charge >= 0.3 is 5.97 Å². The predicted octanol–water partition coefficient (Wildman–Crippen LogP) is 0.381. The Morgan fingerprint density at radius 1 is 1.28 bits per heavy atom. The summed E-state index contributed by atoms with van der Waals surface area (Å²) in [6.45, 7) is 10.1. The van der Waals surface area contributed by atoms with E-state index in [1.807, 2.05) is 6.92 Å². The second-order valence-electron chi connectivity index (χ2n) is 5.93. The summed E-state index contributed by atoms with van der Waals surface area (Å²) in [6, 6.07) is -0.609. The van der Waals surface area contributed by atoms with Crippen LogP contribution in [0, 0.1) is 5.92 Å². The first-order valence-corrected chi connectivity index (χ1v) is 8.16. The van der Waals surface area contributed by atoms with Crippen molar-refractivity contribution in [3.8, 4) is 0 Å². The van der Waals surface area contributed by atoms with E-state index in [0.717, 1.165) is 0 Å². The summed E-state index contributed by atoms with van der Waals surface area (Å²) in [5.41, 5.74) is 6.60. The highest BCUT2D eigenvalue weighted by Gasteiger charge is 2.20. The van der Waals surface area contributed by atoms with Crippen molar-refractivity contribution in [2.24, 2.45) is 11.7 Å². The van der Waals surface area contributed by atoms with E-state index in [2.05, 4.69) is 17.2 Å². The number of nitrogens with two attached hydrogens (primary N) is 1. The molecule has 0 saturated carbocycles. The molecule has 0 fully saturated rings. The number of likely N-dealkylation sites (N-methyl/N-ethyl adjacent to an activating group) is 1. The summed E-state index contributed by atoms with van der Waals surface area (Å²) in [4.78, 5) is 22.8. The lowest BCUT2D eigenvalue weighted by molar-refractivity contribution is -0.136. The summed E-state index contributed by atoms with van der Waals surface area (Å²) in [6.07, 6.45) is 0.494. The fourth-order valence-electron chi connectivity index (χ4n) is 2.24. The minimum atomic E-state index is -0.518. The number of allylic oxidation sites excluding steroid dienone is 2. The average Bonchev–Trinajstić information content (AvgIpc) is 2.55. The number of esters is 1. The van der Waals surface area contributed by atoms with Gasteiger partial charge in [-0.25, -0.2) is 0 Å². The monoisotopic (exact) mass is 357 g/mol. The molecular formula is C17H31N3O5. The molecule has 0 aromatic carbocycles. The van der Waals surface area contributed by atoms with Crippen LogP contribution in [0.5, 0.6) is 0 Å². The molecule has 0 aliphatic heterocycles. The summed E-state index contributed by atoms with van der Waals surface area (Å²) >= 11 is 0. The third kappa shape index (κ3) is 8.67. The highest BCUT2D eigenvalue weighted by Crippen LogP contribution is 2.25. The maximum absolute atomic E-state index is 11.7. The van der Waals surface area contributed by atoms with Crippen LogP contribution in [0.15, 0.2) is 23.7 Å². The van der Waals surface area contributed by atoms with Crippen LogP contribution in [0.4, 0.5) is 0 Å². The van der Waals surface area contributed by atoms with Crippen molar-refractivity contribution in [1.82, 2.24) is 10.6 Å². The number of aliphatic hydroxyl groups is 1. The largest absolute Gasteiger partial charge is 0.471 e. The molecule has 5 N–H and O–H groups in total. The van der Waals surface area contributed by atoms with Crippen molar-refractivity contribution in [1.29, 1.82) is 0 Å². The molecule has 3 atom stereocenters. The minimum Gasteiger partial charge on any atom is -0.471 e. The van der Waals surface area contributed by atoms with Crippen LogP contribution in [0.1, 0.15) is 34.1 Å². The van der Waals surface area contributed by atoms with Crippen molar-refractivity contribution in [3.63, 3.8) is 0 Å². The molecule has 2 unspecified atom stereocenters. The van der Waals surface area contributed by atoms with Crippen LogP contribution in [-0.4, -0.2) is 49.5 Å². The van der Waals surface area contributed by atoms with Crippen LogP contribution in [0.25, 0.3) is 0 Å². The van der Waals surface area contributed by atoms with Crippen molar-refractivity contribution < 1.29 is 24.2 Å². The average molecular weight is 357 g/mol. The van der Waals surface area contributed by atoms with E-state index in [-0.39, 0.29) is 29.7 Å². The van der Waals surface area contributed by atoms with Crippen LogP contribution >= 0.6 is 0 Å². The van der Waals surface area contributed by atoms with E-state index < -0.39 is 12.8 Å². The Morgan fingerprint density at radius 3 is 2.36 bits per heavy atom. The van der Waals surface area contributed by atoms with Gasteiger partial charge in [-0.15, -0.1) is 0 Å². The van der Waals surface area contributed by atoms with Crippen molar-refractivity contribution in [2.45, 2.75) is 46.2 Å². The maximum atomic E-state index is 11.7. The van der Waals surface area contributed by atoms with E-state index in [4.69, 9.17) is 20.3 Å². The van der Waals surface area contributed by atoms with Crippen molar-refractivity contribution >= 4 is 11.9 Å². The third-order valence-corrected chi connectivity index (χ3v) is 3.74. The molecule has 0 radical (unpaired) electrons. The molecule has 0 bridgehead atoms. The van der Waals surface area contributed by atoms with E-state index in [1.165, 1.54) is 6.92 Å². The van der Waals surface area contributed by atoms with E-state index >= 15 is 0 Å². The number of nitrogens with one attached hydrogen (secondary N) is 2. The van der Waals surface area contributed by atoms with Gasteiger partial charge in [0.15, 0.2) is 6.79 Å². The first kappa shape index (κ1) is 23.1. The Labute approximate surface area is 149 Å².